The predicted octanol–water partition coefficient (Wildman–Crippen LogP) is 14.1. The van der Waals surface area contributed by atoms with E-state index >= 15 is 0 Å². The van der Waals surface area contributed by atoms with Crippen LogP contribution in [-0.2, 0) is 33.6 Å². The fourth-order valence-corrected chi connectivity index (χ4v) is 7.23. The van der Waals surface area contributed by atoms with E-state index in [2.05, 4.69) is 65.6 Å². The Morgan fingerprint density at radius 2 is 0.893 bits per heavy atom. The highest BCUT2D eigenvalue weighted by Crippen LogP contribution is 2.29. The maximum atomic E-state index is 11.8. The van der Waals surface area contributed by atoms with Crippen molar-refractivity contribution in [2.75, 3.05) is 27.4 Å². The molecule has 438 valence electrons. The highest BCUT2D eigenvalue weighted by Gasteiger charge is 2.14. The number of allylic oxidation sites excluding steroid dienone is 3. The molecule has 18 nitrogen and oxygen atoms in total. The number of hydrogen-bond donors (Lipinski definition) is 7. The molecule has 5 aromatic carbocycles. The number of para-hydroxylation sites is 3. The van der Waals surface area contributed by atoms with Crippen molar-refractivity contribution < 1.29 is 24.0 Å². The molecule has 11 N–H and O–H groups in total. The normalized spacial score (nSPS) is 9.71. The van der Waals surface area contributed by atoms with Crippen LogP contribution in [0, 0.1) is 13.8 Å². The molecular formula is C60H61Cl6N13O5. The summed E-state index contributed by atoms with van der Waals surface area (Å²) in [7, 11) is 0. The lowest BCUT2D eigenvalue weighted by molar-refractivity contribution is -0.114. The molecule has 0 saturated carbocycles. The number of benzene rings is 5. The van der Waals surface area contributed by atoms with Gasteiger partial charge in [-0.1, -0.05) is 148 Å². The van der Waals surface area contributed by atoms with Crippen LogP contribution in [0.1, 0.15) is 63.4 Å². The number of aromatic nitrogens is 6. The molecule has 3 aromatic heterocycles. The molecule has 24 heteroatoms. The smallest absolute Gasteiger partial charge is 0.248 e. The fourth-order valence-electron chi connectivity index (χ4n) is 6.42. The molecule has 0 saturated heterocycles. The number of carbonyl (C=O) groups is 5. The number of ketones is 3. The number of rotatable bonds is 17. The minimum Gasteiger partial charge on any atom is -0.398 e. The summed E-state index contributed by atoms with van der Waals surface area (Å²) in [5.74, 6) is -0.0863. The monoisotopic (exact) mass is 1250 g/mol. The van der Waals surface area contributed by atoms with Crippen molar-refractivity contribution >= 4 is 145 Å². The Bertz CT molecular complexity index is 3630. The van der Waals surface area contributed by atoms with Crippen molar-refractivity contribution in [2.45, 2.75) is 48.0 Å². The second-order valence-corrected chi connectivity index (χ2v) is 19.0. The molecule has 0 aliphatic rings. The van der Waals surface area contributed by atoms with E-state index in [9.17, 15) is 24.0 Å². The van der Waals surface area contributed by atoms with Gasteiger partial charge in [0.1, 0.15) is 10.0 Å². The van der Waals surface area contributed by atoms with Crippen molar-refractivity contribution in [3.05, 3.63) is 235 Å². The van der Waals surface area contributed by atoms with Crippen LogP contribution >= 0.6 is 69.6 Å². The minimum atomic E-state index is -0.525. The van der Waals surface area contributed by atoms with Gasteiger partial charge in [0.25, 0.3) is 0 Å². The van der Waals surface area contributed by atoms with Gasteiger partial charge in [0.15, 0.2) is 34.1 Å². The summed E-state index contributed by atoms with van der Waals surface area (Å²) in [6.07, 6.45) is 8.93. The third-order valence-corrected chi connectivity index (χ3v) is 12.4. The third kappa shape index (κ3) is 23.6. The number of nitrogens with two attached hydrogens (primary N) is 4. The van der Waals surface area contributed by atoms with Crippen LogP contribution in [0.25, 0.3) is 0 Å². The zero-order chi connectivity index (χ0) is 60.5. The molecule has 3 heterocycles. The Labute approximate surface area is 517 Å². The van der Waals surface area contributed by atoms with Gasteiger partial charge in [0, 0.05) is 58.8 Å². The van der Waals surface area contributed by atoms with Crippen molar-refractivity contribution in [1.29, 1.82) is 0 Å². The predicted molar refractivity (Wildman–Crippen MR) is 344 cm³/mol. The van der Waals surface area contributed by atoms with Crippen LogP contribution in [-0.4, -0.2) is 59.1 Å². The van der Waals surface area contributed by atoms with E-state index in [1.807, 2.05) is 80.6 Å². The highest BCUT2D eigenvalue weighted by atomic mass is 35.5. The minimum absolute atomic E-state index is 0. The van der Waals surface area contributed by atoms with Crippen molar-refractivity contribution in [3.63, 3.8) is 0 Å². The molecule has 0 fully saturated rings. The number of amides is 2. The van der Waals surface area contributed by atoms with Crippen molar-refractivity contribution in [2.24, 2.45) is 11.5 Å². The van der Waals surface area contributed by atoms with Gasteiger partial charge in [0.05, 0.1) is 23.6 Å². The Hall–Kier alpha value is -8.75. The van der Waals surface area contributed by atoms with Gasteiger partial charge in [-0.2, -0.15) is 9.97 Å². The molecule has 0 radical (unpaired) electrons. The van der Waals surface area contributed by atoms with Gasteiger partial charge in [-0.05, 0) is 126 Å². The quantitative estimate of drug-likeness (QED) is 0.0193. The SMILES string of the molecule is C.C.C=CC(=O)Cc1ccccc1N.C=CC(=O)Cc1ccccc1Nc1nc(Cl)ncc1Cl.C=CC(=O)Cc1ccccc1Nc1nc(Nc2cc(C(N)=O)ccc2C)ncc1Cl.Cc1ccc(C(N)=O)cc1N.Clc1ncc(Cl)c(Cl)n1. The Morgan fingerprint density at radius 3 is 1.36 bits per heavy atom. The van der Waals surface area contributed by atoms with Crippen LogP contribution in [0.3, 0.4) is 0 Å². The number of anilines is 8. The maximum absolute atomic E-state index is 11.8. The van der Waals surface area contributed by atoms with E-state index in [1.165, 1.54) is 36.8 Å². The summed E-state index contributed by atoms with van der Waals surface area (Å²) >= 11 is 34.3. The number of hydrogen-bond acceptors (Lipinski definition) is 16. The number of aryl methyl sites for hydroxylation is 2. The first-order valence-corrected chi connectivity index (χ1v) is 26.2. The molecule has 0 spiro atoms. The van der Waals surface area contributed by atoms with Crippen LogP contribution in [0.15, 0.2) is 166 Å². The molecular weight excluding hydrogens is 1200 g/mol. The van der Waals surface area contributed by atoms with Crippen molar-refractivity contribution in [3.8, 4) is 0 Å². The zero-order valence-electron chi connectivity index (χ0n) is 43.9. The third-order valence-electron chi connectivity index (χ3n) is 10.8. The first-order valence-electron chi connectivity index (χ1n) is 23.9. The lowest BCUT2D eigenvalue weighted by atomic mass is 10.1. The van der Waals surface area contributed by atoms with Crippen LogP contribution < -0.4 is 38.9 Å². The van der Waals surface area contributed by atoms with Crippen molar-refractivity contribution in [1.82, 2.24) is 29.9 Å². The molecule has 84 heavy (non-hydrogen) atoms. The molecule has 8 aromatic rings. The Morgan fingerprint density at radius 1 is 0.476 bits per heavy atom. The summed E-state index contributed by atoms with van der Waals surface area (Å²) < 4.78 is 0. The van der Waals surface area contributed by atoms with E-state index in [0.29, 0.717) is 67.0 Å². The number of primary amides is 2. The first kappa shape index (κ1) is 71.4. The maximum Gasteiger partial charge on any atom is 0.248 e. The molecule has 0 aliphatic carbocycles. The van der Waals surface area contributed by atoms with Gasteiger partial charge in [-0.15, -0.1) is 0 Å². The number of carbonyl (C=O) groups excluding carboxylic acids is 5. The molecule has 0 atom stereocenters. The number of halogens is 6. The number of nitrogens with one attached hydrogen (secondary N) is 3. The van der Waals surface area contributed by atoms with Crippen LogP contribution in [0.2, 0.25) is 30.8 Å². The van der Waals surface area contributed by atoms with Crippen LogP contribution in [0.4, 0.5) is 46.0 Å². The summed E-state index contributed by atoms with van der Waals surface area (Å²) in [5.41, 5.74) is 30.1. The van der Waals surface area contributed by atoms with E-state index in [1.54, 1.807) is 42.5 Å². The topological polar surface area (TPSA) is 303 Å². The Balaban J connectivity index is 0.000000385. The van der Waals surface area contributed by atoms with Gasteiger partial charge in [-0.25, -0.2) is 19.9 Å². The average molecular weight is 1260 g/mol. The molecule has 0 unspecified atom stereocenters. The summed E-state index contributed by atoms with van der Waals surface area (Å²) in [4.78, 5) is 79.9. The molecule has 8 rings (SSSR count). The number of nitrogen functional groups attached to an aromatic ring is 2. The number of nitrogens with zero attached hydrogens (tertiary/aromatic N) is 6. The second-order valence-electron chi connectivity index (χ2n) is 16.8. The molecule has 0 bridgehead atoms. The standard InChI is InChI=1S/C22H20ClN5O2.C14H11Cl2N3O.C10H11NO.C8H10N2O.C4HCl3N2.2CH4/c1-3-16(29)10-14-6-4-5-7-18(14)26-21-17(23)12-25-22(28-21)27-19-11-15(20(24)30)9-8-13(19)2;1-2-10(20)7-9-5-3-4-6-12(9)18-13-11(15)8-17-14(16)19-13;1-2-9(12)7-8-5-3-4-6-10(8)11;1-5-2-3-6(8(10)11)4-7(5)9;5-2-1-8-4(7)9-3(2)6;;/h3-9,11-12H,1,10H2,2H3,(H2,24,30)(H2,25,26,27,28);2-6,8H,1,7H2,(H,17,18,19);2-6H,1,7,11H2;2-4H,9H2,1H3,(H2,10,11);1H;2*1H4. The van der Waals surface area contributed by atoms with Gasteiger partial charge < -0.3 is 38.9 Å². The average Bonchev–Trinajstić information content (AvgIpc) is 3.51. The van der Waals surface area contributed by atoms with Crippen LogP contribution in [0.5, 0.6) is 0 Å². The highest BCUT2D eigenvalue weighted by molar-refractivity contribution is 6.41. The molecule has 0 aliphatic heterocycles. The van der Waals surface area contributed by atoms with E-state index in [4.69, 9.17) is 92.5 Å². The second kappa shape index (κ2) is 36.0. The van der Waals surface area contributed by atoms with E-state index in [0.717, 1.165) is 33.5 Å². The zero-order valence-corrected chi connectivity index (χ0v) is 48.4. The Kier molecular flexibility index (Phi) is 30.5. The van der Waals surface area contributed by atoms with E-state index in [-0.39, 0.29) is 66.7 Å². The fraction of sp³-hybridized carbons (Fsp3) is 0.117. The van der Waals surface area contributed by atoms with Gasteiger partial charge in [-0.3, -0.25) is 24.0 Å². The largest absolute Gasteiger partial charge is 0.398 e. The lowest BCUT2D eigenvalue weighted by Crippen LogP contribution is -2.11. The molecule has 2 amide bonds. The van der Waals surface area contributed by atoms with Gasteiger partial charge >= 0.3 is 0 Å². The summed E-state index contributed by atoms with van der Waals surface area (Å²) in [5, 5.41) is 10.6. The first-order chi connectivity index (χ1) is 39.0. The van der Waals surface area contributed by atoms with E-state index < -0.39 is 11.8 Å². The summed E-state index contributed by atoms with van der Waals surface area (Å²) in [6.45, 7) is 14.1. The summed E-state index contributed by atoms with van der Waals surface area (Å²) in [6, 6.07) is 32.2. The van der Waals surface area contributed by atoms with Gasteiger partial charge in [0.2, 0.25) is 28.3 Å². The lowest BCUT2D eigenvalue weighted by Gasteiger charge is -2.14.